The SMILES string of the molecule is CC.CN1C2CCCC1CC(C)(C)C2. The Morgan fingerprint density at radius 1 is 1.00 bits per heavy atom. The lowest BCUT2D eigenvalue weighted by Gasteiger charge is -2.50. The molecule has 2 unspecified atom stereocenters. The number of rotatable bonds is 0. The van der Waals surface area contributed by atoms with E-state index < -0.39 is 0 Å². The molecule has 0 aromatic carbocycles. The van der Waals surface area contributed by atoms with Crippen LogP contribution in [-0.4, -0.2) is 24.0 Å². The normalized spacial score (nSPS) is 35.8. The molecule has 2 aliphatic heterocycles. The Morgan fingerprint density at radius 2 is 1.43 bits per heavy atom. The Morgan fingerprint density at radius 3 is 1.86 bits per heavy atom. The number of hydrogen-bond donors (Lipinski definition) is 0. The fourth-order valence-electron chi connectivity index (χ4n) is 3.15. The predicted molar refractivity (Wildman–Crippen MR) is 63.6 cm³/mol. The van der Waals surface area contributed by atoms with Gasteiger partial charge in [0.25, 0.3) is 0 Å². The summed E-state index contributed by atoms with van der Waals surface area (Å²) in [6.07, 6.45) is 7.18. The molecule has 2 heterocycles. The number of fused-ring (bicyclic) bond motifs is 2. The second-order valence-electron chi connectivity index (χ2n) is 5.48. The third kappa shape index (κ3) is 2.50. The molecule has 0 spiro atoms. The zero-order chi connectivity index (χ0) is 10.8. The van der Waals surface area contributed by atoms with Crippen molar-refractivity contribution in [1.29, 1.82) is 0 Å². The fraction of sp³-hybridized carbons (Fsp3) is 1.00. The van der Waals surface area contributed by atoms with Crippen molar-refractivity contribution in [2.45, 2.75) is 71.9 Å². The smallest absolute Gasteiger partial charge is 0.0100 e. The van der Waals surface area contributed by atoms with Crippen LogP contribution < -0.4 is 0 Å². The molecule has 2 bridgehead atoms. The Balaban J connectivity index is 0.000000461. The van der Waals surface area contributed by atoms with Gasteiger partial charge in [-0.1, -0.05) is 34.1 Å². The lowest BCUT2D eigenvalue weighted by atomic mass is 9.71. The lowest BCUT2D eigenvalue weighted by Crippen LogP contribution is -2.52. The van der Waals surface area contributed by atoms with Crippen LogP contribution in [0.5, 0.6) is 0 Å². The summed E-state index contributed by atoms with van der Waals surface area (Å²) >= 11 is 0. The van der Waals surface area contributed by atoms with Crippen molar-refractivity contribution in [2.75, 3.05) is 7.05 Å². The highest BCUT2D eigenvalue weighted by molar-refractivity contribution is 4.94. The fourth-order valence-corrected chi connectivity index (χ4v) is 3.15. The van der Waals surface area contributed by atoms with Crippen molar-refractivity contribution in [3.8, 4) is 0 Å². The molecule has 0 saturated carbocycles. The minimum absolute atomic E-state index is 0.613. The molecule has 2 aliphatic rings. The second kappa shape index (κ2) is 4.65. The van der Waals surface area contributed by atoms with Crippen LogP contribution in [0.1, 0.15) is 59.8 Å². The Bertz CT molecular complexity index is 158. The van der Waals surface area contributed by atoms with E-state index in [1.54, 1.807) is 0 Å². The van der Waals surface area contributed by atoms with E-state index in [0.717, 1.165) is 12.1 Å². The molecule has 14 heavy (non-hydrogen) atoms. The van der Waals surface area contributed by atoms with E-state index in [1.807, 2.05) is 13.8 Å². The van der Waals surface area contributed by atoms with E-state index in [-0.39, 0.29) is 0 Å². The average molecular weight is 197 g/mol. The summed E-state index contributed by atoms with van der Waals surface area (Å²) in [6, 6.07) is 1.79. The summed E-state index contributed by atoms with van der Waals surface area (Å²) in [4.78, 5) is 2.63. The minimum Gasteiger partial charge on any atom is -0.300 e. The Labute approximate surface area is 89.9 Å². The topological polar surface area (TPSA) is 3.24 Å². The van der Waals surface area contributed by atoms with Crippen molar-refractivity contribution < 1.29 is 0 Å². The zero-order valence-electron chi connectivity index (χ0n) is 10.6. The van der Waals surface area contributed by atoms with E-state index in [4.69, 9.17) is 0 Å². The van der Waals surface area contributed by atoms with E-state index in [2.05, 4.69) is 25.8 Å². The van der Waals surface area contributed by atoms with Crippen molar-refractivity contribution in [3.05, 3.63) is 0 Å². The highest BCUT2D eigenvalue weighted by Gasteiger charge is 2.39. The molecule has 0 aliphatic carbocycles. The molecule has 0 aromatic rings. The molecule has 0 aromatic heterocycles. The third-order valence-corrected chi connectivity index (χ3v) is 3.80. The van der Waals surface area contributed by atoms with Crippen molar-refractivity contribution >= 4 is 0 Å². The molecule has 2 saturated heterocycles. The molecule has 1 heteroatoms. The molecule has 2 rings (SSSR count). The van der Waals surface area contributed by atoms with Crippen molar-refractivity contribution in [2.24, 2.45) is 5.41 Å². The Kier molecular flexibility index (Phi) is 4.00. The molecule has 2 fully saturated rings. The van der Waals surface area contributed by atoms with Crippen LogP contribution in [0, 0.1) is 5.41 Å². The van der Waals surface area contributed by atoms with Gasteiger partial charge in [0, 0.05) is 12.1 Å². The summed E-state index contributed by atoms with van der Waals surface area (Å²) in [5.74, 6) is 0. The van der Waals surface area contributed by atoms with E-state index in [1.165, 1.54) is 32.1 Å². The summed E-state index contributed by atoms with van der Waals surface area (Å²) in [5, 5.41) is 0. The minimum atomic E-state index is 0.613. The molecule has 84 valence electrons. The van der Waals surface area contributed by atoms with Crippen LogP contribution in [0.15, 0.2) is 0 Å². The molecular weight excluding hydrogens is 170 g/mol. The van der Waals surface area contributed by atoms with Gasteiger partial charge in [0.1, 0.15) is 0 Å². The highest BCUT2D eigenvalue weighted by atomic mass is 15.2. The number of nitrogens with zero attached hydrogens (tertiary/aromatic N) is 1. The summed E-state index contributed by atoms with van der Waals surface area (Å²) < 4.78 is 0. The first-order valence-corrected chi connectivity index (χ1v) is 6.30. The molecule has 1 nitrogen and oxygen atoms in total. The van der Waals surface area contributed by atoms with Gasteiger partial charge in [0.05, 0.1) is 0 Å². The van der Waals surface area contributed by atoms with Crippen LogP contribution in [-0.2, 0) is 0 Å². The largest absolute Gasteiger partial charge is 0.300 e. The highest BCUT2D eigenvalue weighted by Crippen LogP contribution is 2.42. The maximum absolute atomic E-state index is 2.63. The van der Waals surface area contributed by atoms with Gasteiger partial charge >= 0.3 is 0 Å². The van der Waals surface area contributed by atoms with Crippen molar-refractivity contribution in [3.63, 3.8) is 0 Å². The van der Waals surface area contributed by atoms with Crippen LogP contribution in [0.3, 0.4) is 0 Å². The first kappa shape index (κ1) is 12.0. The van der Waals surface area contributed by atoms with Gasteiger partial charge in [-0.25, -0.2) is 0 Å². The maximum Gasteiger partial charge on any atom is 0.0100 e. The van der Waals surface area contributed by atoms with Gasteiger partial charge in [-0.15, -0.1) is 0 Å². The number of piperidine rings is 2. The molecular formula is C13H27N. The van der Waals surface area contributed by atoms with Crippen LogP contribution >= 0.6 is 0 Å². The first-order valence-electron chi connectivity index (χ1n) is 6.30. The van der Waals surface area contributed by atoms with Gasteiger partial charge in [-0.3, -0.25) is 0 Å². The summed E-state index contributed by atoms with van der Waals surface area (Å²) in [7, 11) is 2.32. The zero-order valence-corrected chi connectivity index (χ0v) is 10.6. The molecule has 0 radical (unpaired) electrons. The predicted octanol–water partition coefficient (Wildman–Crippen LogP) is 3.69. The van der Waals surface area contributed by atoms with E-state index in [9.17, 15) is 0 Å². The van der Waals surface area contributed by atoms with Gasteiger partial charge in [-0.05, 0) is 38.1 Å². The summed E-state index contributed by atoms with van der Waals surface area (Å²) in [6.45, 7) is 8.87. The van der Waals surface area contributed by atoms with Gasteiger partial charge < -0.3 is 4.90 Å². The third-order valence-electron chi connectivity index (χ3n) is 3.80. The van der Waals surface area contributed by atoms with E-state index >= 15 is 0 Å². The first-order chi connectivity index (χ1) is 6.58. The Hall–Kier alpha value is -0.0400. The second-order valence-corrected chi connectivity index (χ2v) is 5.48. The van der Waals surface area contributed by atoms with Crippen LogP contribution in [0.25, 0.3) is 0 Å². The van der Waals surface area contributed by atoms with Crippen LogP contribution in [0.4, 0.5) is 0 Å². The standard InChI is InChI=1S/C11H21N.C2H6/c1-11(2)7-9-5-4-6-10(8-11)12(9)3;1-2/h9-10H,4-8H2,1-3H3;1-2H3. The van der Waals surface area contributed by atoms with Gasteiger partial charge in [-0.2, -0.15) is 0 Å². The molecule has 0 N–H and O–H groups in total. The monoisotopic (exact) mass is 197 g/mol. The van der Waals surface area contributed by atoms with Crippen LogP contribution in [0.2, 0.25) is 0 Å². The van der Waals surface area contributed by atoms with Gasteiger partial charge in [0.15, 0.2) is 0 Å². The van der Waals surface area contributed by atoms with Gasteiger partial charge in [0.2, 0.25) is 0 Å². The maximum atomic E-state index is 2.63. The molecule has 2 atom stereocenters. The lowest BCUT2D eigenvalue weighted by molar-refractivity contribution is 0.00341. The average Bonchev–Trinajstić information content (AvgIpc) is 2.11. The number of hydrogen-bond acceptors (Lipinski definition) is 1. The molecule has 0 amide bonds. The summed E-state index contributed by atoms with van der Waals surface area (Å²) in [5.41, 5.74) is 0.613. The van der Waals surface area contributed by atoms with Crippen molar-refractivity contribution in [1.82, 2.24) is 4.90 Å². The quantitative estimate of drug-likeness (QED) is 0.572. The van der Waals surface area contributed by atoms with E-state index in [0.29, 0.717) is 5.41 Å².